The number of fused-ring (bicyclic) bond motifs is 1. The van der Waals surface area contributed by atoms with Crippen molar-refractivity contribution in [3.8, 4) is 0 Å². The lowest BCUT2D eigenvalue weighted by Crippen LogP contribution is -2.09. The fourth-order valence-corrected chi connectivity index (χ4v) is 3.23. The molecule has 6 heteroatoms. The molecule has 2 heterocycles. The quantitative estimate of drug-likeness (QED) is 0.820. The Morgan fingerprint density at radius 1 is 1.43 bits per heavy atom. The third-order valence-corrected chi connectivity index (χ3v) is 3.99. The van der Waals surface area contributed by atoms with Crippen LogP contribution in [0.15, 0.2) is 11.4 Å². The van der Waals surface area contributed by atoms with Gasteiger partial charge in [0.15, 0.2) is 0 Å². The molecule has 0 aromatic carbocycles. The zero-order valence-electron chi connectivity index (χ0n) is 6.81. The lowest BCUT2D eigenvalue weighted by molar-refractivity contribution is 0.0702. The van der Waals surface area contributed by atoms with Gasteiger partial charge in [0.05, 0.1) is 9.58 Å². The van der Waals surface area contributed by atoms with Crippen molar-refractivity contribution in [1.29, 1.82) is 0 Å². The van der Waals surface area contributed by atoms with Crippen LogP contribution in [0.5, 0.6) is 0 Å². The van der Waals surface area contributed by atoms with E-state index >= 15 is 0 Å². The van der Waals surface area contributed by atoms with E-state index in [9.17, 15) is 9.59 Å². The number of hydrogen-bond acceptors (Lipinski definition) is 4. The van der Waals surface area contributed by atoms with E-state index in [-0.39, 0.29) is 4.88 Å². The zero-order valence-corrected chi connectivity index (χ0v) is 8.45. The summed E-state index contributed by atoms with van der Waals surface area (Å²) in [5, 5.41) is 11.0. The molecule has 0 unspecified atom stereocenters. The van der Waals surface area contributed by atoms with Crippen LogP contribution in [-0.4, -0.2) is 17.0 Å². The monoisotopic (exact) mass is 227 g/mol. The summed E-state index contributed by atoms with van der Waals surface area (Å²) in [5.41, 5.74) is 5.53. The smallest absolute Gasteiger partial charge is 0.345 e. The summed E-state index contributed by atoms with van der Waals surface area (Å²) in [4.78, 5) is 21.8. The molecule has 0 saturated heterocycles. The van der Waals surface area contributed by atoms with Crippen molar-refractivity contribution in [3.05, 3.63) is 21.9 Å². The number of carbonyl (C=O) groups excluding carboxylic acids is 1. The molecule has 0 aliphatic heterocycles. The van der Waals surface area contributed by atoms with E-state index in [4.69, 9.17) is 10.8 Å². The van der Waals surface area contributed by atoms with Crippen molar-refractivity contribution in [1.82, 2.24) is 0 Å². The number of carbonyl (C=O) groups is 2. The van der Waals surface area contributed by atoms with Gasteiger partial charge in [-0.3, -0.25) is 4.79 Å². The largest absolute Gasteiger partial charge is 0.477 e. The first-order chi connectivity index (χ1) is 6.59. The molecule has 0 aliphatic rings. The lowest BCUT2D eigenvalue weighted by atomic mass is 10.2. The maximum Gasteiger partial charge on any atom is 0.345 e. The van der Waals surface area contributed by atoms with E-state index in [1.807, 2.05) is 0 Å². The molecule has 4 nitrogen and oxygen atoms in total. The molecule has 72 valence electrons. The Labute approximate surface area is 86.6 Å². The SMILES string of the molecule is NC(=O)c1csc2sc(C(=O)O)cc12. The van der Waals surface area contributed by atoms with Crippen LogP contribution in [0, 0.1) is 0 Å². The summed E-state index contributed by atoms with van der Waals surface area (Å²) < 4.78 is 0.816. The van der Waals surface area contributed by atoms with Gasteiger partial charge in [-0.05, 0) is 6.07 Å². The minimum Gasteiger partial charge on any atom is -0.477 e. The van der Waals surface area contributed by atoms with Gasteiger partial charge in [0, 0.05) is 10.8 Å². The highest BCUT2D eigenvalue weighted by Gasteiger charge is 2.15. The molecular formula is C8H5NO3S2. The second-order valence-electron chi connectivity index (χ2n) is 2.63. The molecule has 0 bridgehead atoms. The number of primary amides is 1. The predicted octanol–water partition coefficient (Wildman–Crippen LogP) is 1.76. The van der Waals surface area contributed by atoms with Crippen LogP contribution in [0.2, 0.25) is 0 Å². The van der Waals surface area contributed by atoms with Gasteiger partial charge < -0.3 is 10.8 Å². The first kappa shape index (κ1) is 9.17. The molecule has 0 fully saturated rings. The highest BCUT2D eigenvalue weighted by atomic mass is 32.2. The highest BCUT2D eigenvalue weighted by Crippen LogP contribution is 2.33. The van der Waals surface area contributed by atoms with E-state index in [1.54, 1.807) is 5.38 Å². The molecule has 0 radical (unpaired) electrons. The second kappa shape index (κ2) is 3.07. The highest BCUT2D eigenvalue weighted by molar-refractivity contribution is 7.38. The summed E-state index contributed by atoms with van der Waals surface area (Å²) in [6.07, 6.45) is 0. The number of carboxylic acid groups (broad SMARTS) is 1. The topological polar surface area (TPSA) is 80.4 Å². The average Bonchev–Trinajstić information content (AvgIpc) is 2.58. The number of carboxylic acids is 1. The molecule has 14 heavy (non-hydrogen) atoms. The fourth-order valence-electron chi connectivity index (χ4n) is 1.12. The Kier molecular flexibility index (Phi) is 2.01. The lowest BCUT2D eigenvalue weighted by Gasteiger charge is -1.86. The van der Waals surface area contributed by atoms with Crippen LogP contribution in [0.1, 0.15) is 20.0 Å². The number of hydrogen-bond donors (Lipinski definition) is 2. The maximum absolute atomic E-state index is 10.9. The minimum atomic E-state index is -0.978. The predicted molar refractivity (Wildman–Crippen MR) is 55.2 cm³/mol. The van der Waals surface area contributed by atoms with Crippen LogP contribution < -0.4 is 5.73 Å². The number of nitrogens with two attached hydrogens (primary N) is 1. The van der Waals surface area contributed by atoms with Crippen molar-refractivity contribution in [3.63, 3.8) is 0 Å². The van der Waals surface area contributed by atoms with Gasteiger partial charge in [-0.15, -0.1) is 22.7 Å². The van der Waals surface area contributed by atoms with Crippen molar-refractivity contribution in [2.75, 3.05) is 0 Å². The van der Waals surface area contributed by atoms with E-state index in [1.165, 1.54) is 17.4 Å². The van der Waals surface area contributed by atoms with Gasteiger partial charge in [0.2, 0.25) is 5.91 Å². The third-order valence-electron chi connectivity index (χ3n) is 1.75. The molecule has 0 spiro atoms. The number of aromatic carboxylic acids is 1. The van der Waals surface area contributed by atoms with Gasteiger partial charge >= 0.3 is 5.97 Å². The van der Waals surface area contributed by atoms with Crippen molar-refractivity contribution in [2.45, 2.75) is 0 Å². The molecule has 2 rings (SSSR count). The van der Waals surface area contributed by atoms with Crippen LogP contribution in [0.3, 0.4) is 0 Å². The molecule has 2 aromatic heterocycles. The first-order valence-corrected chi connectivity index (χ1v) is 5.33. The van der Waals surface area contributed by atoms with E-state index in [0.29, 0.717) is 10.9 Å². The van der Waals surface area contributed by atoms with Crippen LogP contribution in [0.4, 0.5) is 0 Å². The van der Waals surface area contributed by atoms with Gasteiger partial charge in [0.25, 0.3) is 0 Å². The standard InChI is InChI=1S/C8H5NO3S2/c9-6(10)4-2-13-8-3(4)1-5(14-8)7(11)12/h1-2H,(H2,9,10)(H,11,12). The van der Waals surface area contributed by atoms with Gasteiger partial charge in [0.1, 0.15) is 4.88 Å². The summed E-state index contributed by atoms with van der Waals surface area (Å²) in [6, 6.07) is 1.49. The van der Waals surface area contributed by atoms with Gasteiger partial charge in [-0.25, -0.2) is 4.79 Å². The van der Waals surface area contributed by atoms with E-state index in [0.717, 1.165) is 15.4 Å². The van der Waals surface area contributed by atoms with E-state index in [2.05, 4.69) is 0 Å². The number of amides is 1. The van der Waals surface area contributed by atoms with E-state index < -0.39 is 11.9 Å². The van der Waals surface area contributed by atoms with Crippen molar-refractivity contribution in [2.24, 2.45) is 5.73 Å². The first-order valence-electron chi connectivity index (χ1n) is 3.63. The van der Waals surface area contributed by atoms with Crippen molar-refractivity contribution >= 4 is 43.9 Å². The number of rotatable bonds is 2. The Hall–Kier alpha value is -1.40. The fraction of sp³-hybridized carbons (Fsp3) is 0. The Balaban J connectivity index is 2.67. The molecule has 0 saturated carbocycles. The van der Waals surface area contributed by atoms with Crippen LogP contribution in [-0.2, 0) is 0 Å². The van der Waals surface area contributed by atoms with Crippen LogP contribution >= 0.6 is 22.7 Å². The average molecular weight is 227 g/mol. The Morgan fingerprint density at radius 3 is 2.71 bits per heavy atom. The Morgan fingerprint density at radius 2 is 2.14 bits per heavy atom. The summed E-state index contributed by atoms with van der Waals surface area (Å²) in [7, 11) is 0. The molecule has 3 N–H and O–H groups in total. The van der Waals surface area contributed by atoms with Crippen molar-refractivity contribution < 1.29 is 14.7 Å². The molecule has 2 aromatic rings. The summed E-state index contributed by atoms with van der Waals surface area (Å²) in [6.45, 7) is 0. The Bertz CT molecular complexity index is 526. The molecule has 0 aliphatic carbocycles. The molecular weight excluding hydrogens is 222 g/mol. The third kappa shape index (κ3) is 1.28. The summed E-state index contributed by atoms with van der Waals surface area (Å²) >= 11 is 2.49. The normalized spacial score (nSPS) is 10.6. The second-order valence-corrected chi connectivity index (χ2v) is 4.82. The minimum absolute atomic E-state index is 0.231. The van der Waals surface area contributed by atoms with Gasteiger partial charge in [-0.2, -0.15) is 0 Å². The maximum atomic E-state index is 10.9. The van der Waals surface area contributed by atoms with Gasteiger partial charge in [-0.1, -0.05) is 0 Å². The molecule has 1 amide bonds. The number of thiophene rings is 2. The van der Waals surface area contributed by atoms with Crippen LogP contribution in [0.25, 0.3) is 9.40 Å². The zero-order chi connectivity index (χ0) is 10.3. The summed E-state index contributed by atoms with van der Waals surface area (Å²) in [5.74, 6) is -1.50. The molecule has 0 atom stereocenters.